The lowest BCUT2D eigenvalue weighted by molar-refractivity contribution is 0.415. The number of nitrogens with zero attached hydrogens (tertiary/aromatic N) is 2. The van der Waals surface area contributed by atoms with Crippen LogP contribution < -0.4 is 10.1 Å². The smallest absolute Gasteiger partial charge is 0.205 e. The average molecular weight is 235 g/mol. The van der Waals surface area contributed by atoms with Crippen LogP contribution in [0.25, 0.3) is 10.6 Å². The van der Waals surface area contributed by atoms with Crippen LogP contribution in [0.4, 0.5) is 5.13 Å². The van der Waals surface area contributed by atoms with Crippen molar-refractivity contribution < 1.29 is 4.74 Å². The van der Waals surface area contributed by atoms with E-state index in [9.17, 15) is 0 Å². The molecule has 1 N–H and O–H groups in total. The lowest BCUT2D eigenvalue weighted by Crippen LogP contribution is -1.94. The molecule has 0 fully saturated rings. The predicted octanol–water partition coefficient (Wildman–Crippen LogP) is 2.65. The highest BCUT2D eigenvalue weighted by atomic mass is 32.1. The molecule has 0 unspecified atom stereocenters. The van der Waals surface area contributed by atoms with Gasteiger partial charge in [0.1, 0.15) is 10.8 Å². The zero-order valence-corrected chi connectivity index (χ0v) is 10.0. The first-order chi connectivity index (χ1) is 7.83. The van der Waals surface area contributed by atoms with Crippen molar-refractivity contribution in [1.29, 1.82) is 0 Å². The van der Waals surface area contributed by atoms with Gasteiger partial charge in [-0.25, -0.2) is 0 Å². The predicted molar refractivity (Wildman–Crippen MR) is 66.1 cm³/mol. The summed E-state index contributed by atoms with van der Waals surface area (Å²) in [4.78, 5) is 0. The number of benzene rings is 1. The van der Waals surface area contributed by atoms with E-state index in [1.165, 1.54) is 0 Å². The van der Waals surface area contributed by atoms with E-state index in [1.54, 1.807) is 18.4 Å². The fraction of sp³-hybridized carbons (Fsp3) is 0.273. The molecule has 84 valence electrons. The Bertz CT molecular complexity index is 453. The molecule has 0 radical (unpaired) electrons. The number of anilines is 1. The van der Waals surface area contributed by atoms with Crippen molar-refractivity contribution in [2.75, 3.05) is 19.0 Å². The Hall–Kier alpha value is -1.62. The molecular formula is C11H13N3OS. The lowest BCUT2D eigenvalue weighted by Gasteiger charge is -1.99. The van der Waals surface area contributed by atoms with Gasteiger partial charge in [0.15, 0.2) is 0 Å². The Balaban J connectivity index is 2.21. The summed E-state index contributed by atoms with van der Waals surface area (Å²) in [6.45, 7) is 2.89. The van der Waals surface area contributed by atoms with Crippen molar-refractivity contribution in [3.05, 3.63) is 24.3 Å². The van der Waals surface area contributed by atoms with Gasteiger partial charge in [0.2, 0.25) is 5.13 Å². The second-order valence-electron chi connectivity index (χ2n) is 3.17. The Morgan fingerprint density at radius 1 is 1.25 bits per heavy atom. The highest BCUT2D eigenvalue weighted by Crippen LogP contribution is 2.27. The van der Waals surface area contributed by atoms with Crippen LogP contribution in [-0.2, 0) is 0 Å². The minimum absolute atomic E-state index is 0.847. The van der Waals surface area contributed by atoms with Crippen LogP contribution >= 0.6 is 11.3 Å². The van der Waals surface area contributed by atoms with Gasteiger partial charge >= 0.3 is 0 Å². The molecule has 16 heavy (non-hydrogen) atoms. The van der Waals surface area contributed by atoms with Crippen LogP contribution in [0, 0.1) is 0 Å². The maximum atomic E-state index is 5.10. The van der Waals surface area contributed by atoms with Gasteiger partial charge in [-0.05, 0) is 31.2 Å². The molecule has 4 nitrogen and oxygen atoms in total. The summed E-state index contributed by atoms with van der Waals surface area (Å²) in [5, 5.41) is 13.1. The van der Waals surface area contributed by atoms with Crippen molar-refractivity contribution in [1.82, 2.24) is 10.2 Å². The quantitative estimate of drug-likeness (QED) is 0.885. The van der Waals surface area contributed by atoms with Crippen LogP contribution in [0.1, 0.15) is 6.92 Å². The molecule has 0 spiro atoms. The minimum Gasteiger partial charge on any atom is -0.497 e. The van der Waals surface area contributed by atoms with E-state index < -0.39 is 0 Å². The van der Waals surface area contributed by atoms with E-state index in [0.29, 0.717) is 0 Å². The summed E-state index contributed by atoms with van der Waals surface area (Å²) in [6, 6.07) is 7.80. The molecule has 0 amide bonds. The fourth-order valence-corrected chi connectivity index (χ4v) is 2.11. The molecule has 0 aliphatic rings. The summed E-state index contributed by atoms with van der Waals surface area (Å²) < 4.78 is 5.10. The molecule has 0 saturated heterocycles. The largest absolute Gasteiger partial charge is 0.497 e. The Kier molecular flexibility index (Phi) is 3.36. The fourth-order valence-electron chi connectivity index (χ4n) is 1.30. The Morgan fingerprint density at radius 3 is 2.62 bits per heavy atom. The zero-order valence-electron chi connectivity index (χ0n) is 9.23. The van der Waals surface area contributed by atoms with Gasteiger partial charge in [0.05, 0.1) is 7.11 Å². The number of nitrogens with one attached hydrogen (secondary N) is 1. The van der Waals surface area contributed by atoms with Crippen LogP contribution in [-0.4, -0.2) is 23.9 Å². The lowest BCUT2D eigenvalue weighted by atomic mass is 10.2. The molecule has 0 aliphatic carbocycles. The van der Waals surface area contributed by atoms with Crippen LogP contribution in [0.2, 0.25) is 0 Å². The van der Waals surface area contributed by atoms with E-state index in [4.69, 9.17) is 4.74 Å². The minimum atomic E-state index is 0.847. The van der Waals surface area contributed by atoms with Gasteiger partial charge in [-0.2, -0.15) is 0 Å². The highest BCUT2D eigenvalue weighted by molar-refractivity contribution is 7.18. The van der Waals surface area contributed by atoms with E-state index in [2.05, 4.69) is 15.5 Å². The second kappa shape index (κ2) is 4.94. The van der Waals surface area contributed by atoms with Gasteiger partial charge in [0.25, 0.3) is 0 Å². The summed E-state index contributed by atoms with van der Waals surface area (Å²) in [7, 11) is 1.66. The third-order valence-corrected chi connectivity index (χ3v) is 3.02. The Labute approximate surface area is 98.3 Å². The first-order valence-corrected chi connectivity index (χ1v) is 5.87. The first-order valence-electron chi connectivity index (χ1n) is 5.05. The molecule has 2 aromatic rings. The average Bonchev–Trinajstić information content (AvgIpc) is 2.78. The molecule has 1 heterocycles. The van der Waals surface area contributed by atoms with E-state index in [1.807, 2.05) is 31.2 Å². The third kappa shape index (κ3) is 2.30. The molecule has 1 aromatic carbocycles. The highest BCUT2D eigenvalue weighted by Gasteiger charge is 2.05. The SMILES string of the molecule is CCNc1nnc(-c2ccc(OC)cc2)s1. The van der Waals surface area contributed by atoms with Gasteiger partial charge in [-0.3, -0.25) is 0 Å². The van der Waals surface area contributed by atoms with Crippen LogP contribution in [0.15, 0.2) is 24.3 Å². The second-order valence-corrected chi connectivity index (χ2v) is 4.15. The summed E-state index contributed by atoms with van der Waals surface area (Å²) in [5.74, 6) is 0.847. The van der Waals surface area contributed by atoms with Crippen molar-refractivity contribution in [2.45, 2.75) is 6.92 Å². The maximum absolute atomic E-state index is 5.10. The number of rotatable bonds is 4. The maximum Gasteiger partial charge on any atom is 0.205 e. The molecule has 0 aliphatic heterocycles. The molecule has 0 bridgehead atoms. The summed E-state index contributed by atoms with van der Waals surface area (Å²) in [5.41, 5.74) is 1.06. The van der Waals surface area contributed by atoms with Crippen molar-refractivity contribution >= 4 is 16.5 Å². The van der Waals surface area contributed by atoms with Crippen molar-refractivity contribution in [3.8, 4) is 16.3 Å². The van der Waals surface area contributed by atoms with Gasteiger partial charge in [-0.1, -0.05) is 11.3 Å². The number of hydrogen-bond donors (Lipinski definition) is 1. The van der Waals surface area contributed by atoms with Gasteiger partial charge in [0, 0.05) is 12.1 Å². The topological polar surface area (TPSA) is 47.0 Å². The standard InChI is InChI=1S/C11H13N3OS/c1-3-12-11-14-13-10(16-11)8-4-6-9(15-2)7-5-8/h4-7H,3H2,1-2H3,(H,12,14). The zero-order chi connectivity index (χ0) is 11.4. The number of ether oxygens (including phenoxy) is 1. The number of hydrogen-bond acceptors (Lipinski definition) is 5. The molecular weight excluding hydrogens is 222 g/mol. The molecule has 0 atom stereocenters. The van der Waals surface area contributed by atoms with E-state index >= 15 is 0 Å². The summed E-state index contributed by atoms with van der Waals surface area (Å²) >= 11 is 1.55. The van der Waals surface area contributed by atoms with Crippen LogP contribution in [0.3, 0.4) is 0 Å². The van der Waals surface area contributed by atoms with E-state index in [-0.39, 0.29) is 0 Å². The third-order valence-electron chi connectivity index (χ3n) is 2.09. The van der Waals surface area contributed by atoms with Crippen LogP contribution in [0.5, 0.6) is 5.75 Å². The molecule has 1 aromatic heterocycles. The normalized spacial score (nSPS) is 10.1. The Morgan fingerprint density at radius 2 is 2.00 bits per heavy atom. The monoisotopic (exact) mass is 235 g/mol. The molecule has 0 saturated carbocycles. The van der Waals surface area contributed by atoms with E-state index in [0.717, 1.165) is 28.0 Å². The number of aromatic nitrogens is 2. The number of methoxy groups -OCH3 is 1. The molecule has 2 rings (SSSR count). The first kappa shape index (κ1) is 10.9. The van der Waals surface area contributed by atoms with Gasteiger partial charge < -0.3 is 10.1 Å². The molecule has 5 heteroatoms. The van der Waals surface area contributed by atoms with Crippen molar-refractivity contribution in [3.63, 3.8) is 0 Å². The van der Waals surface area contributed by atoms with Gasteiger partial charge in [-0.15, -0.1) is 10.2 Å². The van der Waals surface area contributed by atoms with Crippen molar-refractivity contribution in [2.24, 2.45) is 0 Å². The summed E-state index contributed by atoms with van der Waals surface area (Å²) in [6.07, 6.45) is 0.